The summed E-state index contributed by atoms with van der Waals surface area (Å²) in [6.07, 6.45) is 0.495. The zero-order valence-corrected chi connectivity index (χ0v) is 9.54. The number of rotatable bonds is 2. The van der Waals surface area contributed by atoms with Crippen LogP contribution in [0.1, 0.15) is 20.3 Å². The van der Waals surface area contributed by atoms with Gasteiger partial charge in [-0.25, -0.2) is 4.79 Å². The number of hydrogen-bond donors (Lipinski definition) is 2. The maximum atomic E-state index is 11.6. The van der Waals surface area contributed by atoms with E-state index in [1.54, 1.807) is 13.8 Å². The number of carboxylic acids is 1. The normalized spacial score (nSPS) is 23.5. The first-order valence-electron chi connectivity index (χ1n) is 5.15. The van der Waals surface area contributed by atoms with Gasteiger partial charge < -0.3 is 15.3 Å². The molecule has 0 bridgehead atoms. The van der Waals surface area contributed by atoms with Crippen molar-refractivity contribution in [3.05, 3.63) is 0 Å². The maximum Gasteiger partial charge on any atom is 0.318 e. The third-order valence-electron chi connectivity index (χ3n) is 2.78. The van der Waals surface area contributed by atoms with Gasteiger partial charge in [0.2, 0.25) is 0 Å². The Morgan fingerprint density at radius 1 is 1.56 bits per heavy atom. The molecule has 1 unspecified atom stereocenters. The molecule has 0 radical (unpaired) electrons. The molecule has 1 fully saturated rings. The van der Waals surface area contributed by atoms with Crippen LogP contribution in [0.4, 0.5) is 4.79 Å². The van der Waals surface area contributed by atoms with Gasteiger partial charge >= 0.3 is 12.0 Å². The van der Waals surface area contributed by atoms with E-state index in [4.69, 9.17) is 5.11 Å². The summed E-state index contributed by atoms with van der Waals surface area (Å²) < 4.78 is 0. The van der Waals surface area contributed by atoms with E-state index in [1.807, 2.05) is 0 Å². The lowest BCUT2D eigenvalue weighted by molar-refractivity contribution is -0.146. The predicted molar refractivity (Wildman–Crippen MR) is 58.8 cm³/mol. The van der Waals surface area contributed by atoms with E-state index in [2.05, 4.69) is 17.2 Å². The van der Waals surface area contributed by atoms with E-state index in [1.165, 1.54) is 4.90 Å². The molecule has 5 heteroatoms. The third kappa shape index (κ3) is 2.66. The molecule has 0 spiro atoms. The average molecular weight is 224 g/mol. The number of amides is 2. The average Bonchev–Trinajstić information content (AvgIpc) is 2.63. The molecule has 5 nitrogen and oxygen atoms in total. The molecule has 1 atom stereocenters. The van der Waals surface area contributed by atoms with Crippen LogP contribution in [0.5, 0.6) is 0 Å². The Morgan fingerprint density at radius 2 is 2.25 bits per heavy atom. The van der Waals surface area contributed by atoms with Crippen molar-refractivity contribution < 1.29 is 14.7 Å². The van der Waals surface area contributed by atoms with Crippen LogP contribution in [-0.4, -0.2) is 41.6 Å². The molecular formula is C11H16N2O3. The van der Waals surface area contributed by atoms with Gasteiger partial charge in [0.1, 0.15) is 0 Å². The molecule has 1 rings (SSSR count). The largest absolute Gasteiger partial charge is 0.481 e. The third-order valence-corrected chi connectivity index (χ3v) is 2.78. The van der Waals surface area contributed by atoms with Gasteiger partial charge in [0.15, 0.2) is 0 Å². The summed E-state index contributed by atoms with van der Waals surface area (Å²) in [7, 11) is 0. The van der Waals surface area contributed by atoms with Crippen LogP contribution in [0.15, 0.2) is 0 Å². The molecule has 0 aromatic carbocycles. The fourth-order valence-electron chi connectivity index (χ4n) is 1.63. The van der Waals surface area contributed by atoms with Crippen molar-refractivity contribution in [3.63, 3.8) is 0 Å². The Morgan fingerprint density at radius 3 is 2.75 bits per heavy atom. The van der Waals surface area contributed by atoms with E-state index < -0.39 is 11.4 Å². The standard InChI is InChI=1S/C11H16N2O3/c1-3-4-6-12-10(16)13-7-5-11(2,8-13)9(14)15/h5-8H2,1-2H3,(H,12,16)(H,14,15). The van der Waals surface area contributed by atoms with Gasteiger partial charge in [0, 0.05) is 13.1 Å². The van der Waals surface area contributed by atoms with E-state index >= 15 is 0 Å². The zero-order valence-electron chi connectivity index (χ0n) is 9.54. The van der Waals surface area contributed by atoms with Gasteiger partial charge in [-0.15, -0.1) is 5.92 Å². The summed E-state index contributed by atoms with van der Waals surface area (Å²) in [5.41, 5.74) is -0.812. The molecule has 1 aliphatic heterocycles. The van der Waals surface area contributed by atoms with Gasteiger partial charge in [-0.1, -0.05) is 5.92 Å². The van der Waals surface area contributed by atoms with Gasteiger partial charge in [0.25, 0.3) is 0 Å². The van der Waals surface area contributed by atoms with E-state index in [-0.39, 0.29) is 12.6 Å². The number of carboxylic acid groups (broad SMARTS) is 1. The zero-order chi connectivity index (χ0) is 12.2. The Bertz CT molecular complexity index is 356. The molecule has 1 aliphatic rings. The second kappa shape index (κ2) is 4.88. The summed E-state index contributed by atoms with van der Waals surface area (Å²) in [5.74, 6) is 4.54. The van der Waals surface area contributed by atoms with Crippen LogP contribution < -0.4 is 5.32 Å². The lowest BCUT2D eigenvalue weighted by Crippen LogP contribution is -2.41. The highest BCUT2D eigenvalue weighted by atomic mass is 16.4. The molecule has 0 aliphatic carbocycles. The number of carbonyl (C=O) groups excluding carboxylic acids is 1. The molecule has 16 heavy (non-hydrogen) atoms. The van der Waals surface area contributed by atoms with Crippen LogP contribution >= 0.6 is 0 Å². The second-order valence-electron chi connectivity index (χ2n) is 4.12. The summed E-state index contributed by atoms with van der Waals surface area (Å²) >= 11 is 0. The number of hydrogen-bond acceptors (Lipinski definition) is 2. The van der Waals surface area contributed by atoms with Crippen LogP contribution in [0, 0.1) is 17.3 Å². The molecule has 0 aromatic rings. The summed E-state index contributed by atoms with van der Waals surface area (Å²) in [6, 6.07) is -0.243. The fourth-order valence-corrected chi connectivity index (χ4v) is 1.63. The number of carbonyl (C=O) groups is 2. The highest BCUT2D eigenvalue weighted by Crippen LogP contribution is 2.29. The highest BCUT2D eigenvalue weighted by Gasteiger charge is 2.41. The fraction of sp³-hybridized carbons (Fsp3) is 0.636. The smallest absolute Gasteiger partial charge is 0.318 e. The molecule has 0 saturated carbocycles. The van der Waals surface area contributed by atoms with E-state index in [0.29, 0.717) is 19.5 Å². The Hall–Kier alpha value is -1.70. The van der Waals surface area contributed by atoms with Crippen molar-refractivity contribution in [3.8, 4) is 11.8 Å². The minimum absolute atomic E-state index is 0.243. The van der Waals surface area contributed by atoms with Crippen molar-refractivity contribution in [2.75, 3.05) is 19.6 Å². The lowest BCUT2D eigenvalue weighted by Gasteiger charge is -2.20. The first-order chi connectivity index (χ1) is 7.49. The van der Waals surface area contributed by atoms with Gasteiger partial charge in [-0.05, 0) is 20.3 Å². The van der Waals surface area contributed by atoms with Crippen molar-refractivity contribution in [2.45, 2.75) is 20.3 Å². The second-order valence-corrected chi connectivity index (χ2v) is 4.12. The summed E-state index contributed by atoms with van der Waals surface area (Å²) in [6.45, 7) is 4.40. The Kier molecular flexibility index (Phi) is 3.78. The number of aliphatic carboxylic acids is 1. The quantitative estimate of drug-likeness (QED) is 0.672. The first kappa shape index (κ1) is 12.4. The van der Waals surface area contributed by atoms with Gasteiger partial charge in [-0.3, -0.25) is 4.79 Å². The summed E-state index contributed by atoms with van der Waals surface area (Å²) in [5, 5.41) is 11.6. The molecule has 2 amide bonds. The number of nitrogens with zero attached hydrogens (tertiary/aromatic N) is 1. The minimum Gasteiger partial charge on any atom is -0.481 e. The van der Waals surface area contributed by atoms with E-state index in [9.17, 15) is 9.59 Å². The van der Waals surface area contributed by atoms with E-state index in [0.717, 1.165) is 0 Å². The van der Waals surface area contributed by atoms with Gasteiger partial charge in [-0.2, -0.15) is 0 Å². The van der Waals surface area contributed by atoms with Gasteiger partial charge in [0.05, 0.1) is 12.0 Å². The maximum absolute atomic E-state index is 11.6. The lowest BCUT2D eigenvalue weighted by atomic mass is 9.90. The SMILES string of the molecule is CC#CCNC(=O)N1CCC(C)(C(=O)O)C1. The number of nitrogens with one attached hydrogen (secondary N) is 1. The minimum atomic E-state index is -0.851. The van der Waals surface area contributed by atoms with Crippen LogP contribution in [0.25, 0.3) is 0 Å². The predicted octanol–water partition coefficient (Wildman–Crippen LogP) is 0.516. The van der Waals surface area contributed by atoms with Crippen LogP contribution in [-0.2, 0) is 4.79 Å². The molecule has 1 saturated heterocycles. The topological polar surface area (TPSA) is 69.6 Å². The Labute approximate surface area is 94.8 Å². The van der Waals surface area contributed by atoms with Crippen molar-refractivity contribution >= 4 is 12.0 Å². The van der Waals surface area contributed by atoms with Crippen molar-refractivity contribution in [1.29, 1.82) is 0 Å². The molecule has 0 aromatic heterocycles. The highest BCUT2D eigenvalue weighted by molar-refractivity contribution is 5.79. The number of urea groups is 1. The van der Waals surface area contributed by atoms with Crippen LogP contribution in [0.3, 0.4) is 0 Å². The Balaban J connectivity index is 2.49. The van der Waals surface area contributed by atoms with Crippen molar-refractivity contribution in [2.24, 2.45) is 5.41 Å². The van der Waals surface area contributed by atoms with Crippen LogP contribution in [0.2, 0.25) is 0 Å². The molecule has 88 valence electrons. The molecule has 2 N–H and O–H groups in total. The number of likely N-dealkylation sites (tertiary alicyclic amines) is 1. The van der Waals surface area contributed by atoms with Crippen molar-refractivity contribution in [1.82, 2.24) is 10.2 Å². The molecular weight excluding hydrogens is 208 g/mol. The monoisotopic (exact) mass is 224 g/mol. The molecule has 1 heterocycles. The first-order valence-corrected chi connectivity index (χ1v) is 5.15. The summed E-state index contributed by atoms with van der Waals surface area (Å²) in [4.78, 5) is 24.1.